The molecule has 0 aliphatic heterocycles. The summed E-state index contributed by atoms with van der Waals surface area (Å²) in [4.78, 5) is 35.0. The summed E-state index contributed by atoms with van der Waals surface area (Å²) in [5.74, 6) is 1.51. The molecule has 1 unspecified atom stereocenters. The van der Waals surface area contributed by atoms with E-state index < -0.39 is 0 Å². The molecule has 9 heteroatoms. The molecule has 1 heterocycles. The van der Waals surface area contributed by atoms with Crippen molar-refractivity contribution in [2.24, 2.45) is 0 Å². The number of amides is 1. The zero-order valence-electron chi connectivity index (χ0n) is 16.5. The topological polar surface area (TPSA) is 115 Å². The molecule has 0 spiro atoms. The lowest BCUT2D eigenvalue weighted by molar-refractivity contribution is -0.115. The second-order valence-electron chi connectivity index (χ2n) is 6.22. The minimum absolute atomic E-state index is 0.0901. The average molecular weight is 387 g/mol. The highest BCUT2D eigenvalue weighted by molar-refractivity contribution is 5.88. The Balaban J connectivity index is 1.91. The number of nitrogens with one attached hydrogen (secondary N) is 2. The first kappa shape index (κ1) is 21.2. The van der Waals surface area contributed by atoms with Crippen LogP contribution in [0.5, 0.6) is 5.75 Å². The number of hydrogen-bond acceptors (Lipinski definition) is 8. The van der Waals surface area contributed by atoms with Gasteiger partial charge in [-0.2, -0.15) is 15.0 Å². The number of nitrogens with zero attached hydrogens (tertiary/aromatic N) is 3. The molecule has 2 aromatic rings. The fraction of sp³-hybridized carbons (Fsp3) is 0.421. The van der Waals surface area contributed by atoms with E-state index in [1.54, 1.807) is 33.1 Å². The van der Waals surface area contributed by atoms with Crippen molar-refractivity contribution in [1.29, 1.82) is 0 Å². The molecule has 0 fully saturated rings. The van der Waals surface area contributed by atoms with Crippen LogP contribution in [0.25, 0.3) is 0 Å². The van der Waals surface area contributed by atoms with Gasteiger partial charge in [0.05, 0.1) is 20.3 Å². The van der Waals surface area contributed by atoms with Crippen molar-refractivity contribution in [2.75, 3.05) is 24.4 Å². The smallest absolute Gasteiger partial charge is 0.234 e. The summed E-state index contributed by atoms with van der Waals surface area (Å²) in [6, 6.07) is 5.15. The van der Waals surface area contributed by atoms with Crippen LogP contribution in [0.4, 0.5) is 11.9 Å². The molecule has 0 saturated carbocycles. The number of rotatable bonds is 10. The Kier molecular flexibility index (Phi) is 7.82. The lowest BCUT2D eigenvalue weighted by Crippen LogP contribution is -2.24. The number of carbonyl (C=O) groups is 2. The van der Waals surface area contributed by atoms with Crippen LogP contribution < -0.4 is 15.4 Å². The molecular formula is C19H25N5O4. The second-order valence-corrected chi connectivity index (χ2v) is 6.22. The van der Waals surface area contributed by atoms with Crippen LogP contribution in [0.3, 0.4) is 0 Å². The number of aromatic nitrogens is 3. The number of hydrogen-bond donors (Lipinski definition) is 2. The van der Waals surface area contributed by atoms with Gasteiger partial charge in [-0.15, -0.1) is 0 Å². The molecule has 150 valence electrons. The summed E-state index contributed by atoms with van der Waals surface area (Å²) < 4.78 is 10.9. The summed E-state index contributed by atoms with van der Waals surface area (Å²) >= 11 is 0. The quantitative estimate of drug-likeness (QED) is 0.597. The van der Waals surface area contributed by atoms with Crippen molar-refractivity contribution in [3.05, 3.63) is 35.2 Å². The van der Waals surface area contributed by atoms with Crippen LogP contribution in [0.2, 0.25) is 0 Å². The van der Waals surface area contributed by atoms with Crippen molar-refractivity contribution >= 4 is 24.1 Å². The third-order valence-electron chi connectivity index (χ3n) is 3.69. The lowest BCUT2D eigenvalue weighted by Gasteiger charge is -2.15. The molecule has 0 saturated heterocycles. The molecule has 28 heavy (non-hydrogen) atoms. The maximum Gasteiger partial charge on any atom is 0.234 e. The Morgan fingerprint density at radius 2 is 1.96 bits per heavy atom. The maximum atomic E-state index is 11.5. The molecular weight excluding hydrogens is 362 g/mol. The summed E-state index contributed by atoms with van der Waals surface area (Å²) in [7, 11) is 1.55. The van der Waals surface area contributed by atoms with Gasteiger partial charge in [0, 0.05) is 18.0 Å². The third kappa shape index (κ3) is 6.58. The maximum absolute atomic E-state index is 11.5. The van der Waals surface area contributed by atoms with E-state index in [1.807, 2.05) is 13.0 Å². The van der Waals surface area contributed by atoms with E-state index in [0.29, 0.717) is 42.7 Å². The number of ether oxygens (including phenoxy) is 2. The number of methoxy groups -OCH3 is 1. The number of aldehydes is 1. The van der Waals surface area contributed by atoms with Gasteiger partial charge in [0.15, 0.2) is 0 Å². The van der Waals surface area contributed by atoms with Gasteiger partial charge in [-0.25, -0.2) is 0 Å². The highest BCUT2D eigenvalue weighted by atomic mass is 16.5. The molecule has 0 bridgehead atoms. The van der Waals surface area contributed by atoms with Crippen molar-refractivity contribution in [3.8, 4) is 5.75 Å². The Labute approximate surface area is 163 Å². The fourth-order valence-electron chi connectivity index (χ4n) is 2.39. The predicted molar refractivity (Wildman–Crippen MR) is 105 cm³/mol. The normalized spacial score (nSPS) is 11.6. The van der Waals surface area contributed by atoms with Crippen molar-refractivity contribution < 1.29 is 19.1 Å². The molecule has 0 aliphatic rings. The van der Waals surface area contributed by atoms with E-state index in [-0.39, 0.29) is 17.9 Å². The second kappa shape index (κ2) is 10.3. The van der Waals surface area contributed by atoms with Gasteiger partial charge in [0.25, 0.3) is 0 Å². The van der Waals surface area contributed by atoms with E-state index in [0.717, 1.165) is 11.8 Å². The molecule has 1 amide bonds. The highest BCUT2D eigenvalue weighted by Crippen LogP contribution is 2.17. The molecule has 9 nitrogen and oxygen atoms in total. The Morgan fingerprint density at radius 1 is 1.21 bits per heavy atom. The summed E-state index contributed by atoms with van der Waals surface area (Å²) in [6.07, 6.45) is 1.11. The van der Waals surface area contributed by atoms with E-state index in [2.05, 4.69) is 25.6 Å². The Bertz CT molecular complexity index is 828. The van der Waals surface area contributed by atoms with Gasteiger partial charge in [0.1, 0.15) is 17.9 Å². The van der Waals surface area contributed by atoms with E-state index in [4.69, 9.17) is 9.47 Å². The van der Waals surface area contributed by atoms with Gasteiger partial charge in [0.2, 0.25) is 17.8 Å². The molecule has 2 N–H and O–H groups in total. The van der Waals surface area contributed by atoms with Crippen LogP contribution in [0.1, 0.15) is 42.0 Å². The number of carbonyl (C=O) groups excluding carboxylic acids is 2. The van der Waals surface area contributed by atoms with Crippen LogP contribution in [-0.4, -0.2) is 46.9 Å². The number of aryl methyl sites for hydroxylation is 1. The van der Waals surface area contributed by atoms with Gasteiger partial charge in [-0.3, -0.25) is 14.9 Å². The van der Waals surface area contributed by atoms with Gasteiger partial charge < -0.3 is 14.8 Å². The zero-order valence-corrected chi connectivity index (χ0v) is 16.5. The minimum Gasteiger partial charge on any atom is -0.497 e. The van der Waals surface area contributed by atoms with Crippen LogP contribution in [-0.2, 0) is 16.1 Å². The largest absolute Gasteiger partial charge is 0.497 e. The van der Waals surface area contributed by atoms with Crippen LogP contribution in [0, 0.1) is 6.92 Å². The first-order valence-electron chi connectivity index (χ1n) is 8.93. The first-order chi connectivity index (χ1) is 13.4. The predicted octanol–water partition coefficient (Wildman–Crippen LogP) is 2.37. The Morgan fingerprint density at radius 3 is 2.64 bits per heavy atom. The highest BCUT2D eigenvalue weighted by Gasteiger charge is 2.10. The first-order valence-corrected chi connectivity index (χ1v) is 8.93. The summed E-state index contributed by atoms with van der Waals surface area (Å²) in [5.41, 5.74) is 1.38. The molecule has 0 radical (unpaired) electrons. The van der Waals surface area contributed by atoms with Gasteiger partial charge in [-0.05, 0) is 37.6 Å². The van der Waals surface area contributed by atoms with E-state index in [1.165, 1.54) is 0 Å². The number of benzene rings is 1. The van der Waals surface area contributed by atoms with Crippen molar-refractivity contribution in [3.63, 3.8) is 0 Å². The number of anilines is 2. The molecule has 1 atom stereocenters. The molecule has 1 aromatic carbocycles. The lowest BCUT2D eigenvalue weighted by atomic mass is 10.1. The molecule has 0 aliphatic carbocycles. The zero-order chi connectivity index (χ0) is 20.5. The monoisotopic (exact) mass is 387 g/mol. The van der Waals surface area contributed by atoms with Crippen molar-refractivity contribution in [1.82, 2.24) is 15.0 Å². The van der Waals surface area contributed by atoms with Gasteiger partial charge in [-0.1, -0.05) is 6.92 Å². The van der Waals surface area contributed by atoms with E-state index in [9.17, 15) is 9.59 Å². The molecule has 1 aromatic heterocycles. The standard InChI is InChI=1S/C19H25N5O4/c1-5-17(26)23-19-22-13(3)21-18(24-19)20-12(2)10-28-11-15-6-14(9-25)7-16(8-15)27-4/h6-9,12H,5,10-11H2,1-4H3,(H2,20,21,22,23,24,26). The summed E-state index contributed by atoms with van der Waals surface area (Å²) in [5, 5.41) is 5.75. The van der Waals surface area contributed by atoms with Crippen LogP contribution >= 0.6 is 0 Å². The van der Waals surface area contributed by atoms with Crippen LogP contribution in [0.15, 0.2) is 18.2 Å². The van der Waals surface area contributed by atoms with E-state index >= 15 is 0 Å². The molecule has 2 rings (SSSR count). The fourth-order valence-corrected chi connectivity index (χ4v) is 2.39. The Hall–Kier alpha value is -3.07. The summed E-state index contributed by atoms with van der Waals surface area (Å²) in [6.45, 7) is 6.12. The van der Waals surface area contributed by atoms with Crippen molar-refractivity contribution in [2.45, 2.75) is 39.8 Å². The minimum atomic E-state index is -0.166. The third-order valence-corrected chi connectivity index (χ3v) is 3.69. The van der Waals surface area contributed by atoms with Gasteiger partial charge >= 0.3 is 0 Å². The SMILES string of the molecule is CCC(=O)Nc1nc(C)nc(NC(C)COCc2cc(C=O)cc(OC)c2)n1. The average Bonchev–Trinajstić information content (AvgIpc) is 2.66.